The lowest BCUT2D eigenvalue weighted by Gasteiger charge is -2.55. The number of rotatable bonds is 2. The lowest BCUT2D eigenvalue weighted by molar-refractivity contribution is -0.0223. The summed E-state index contributed by atoms with van der Waals surface area (Å²) in [6, 6.07) is 1.68. The quantitative estimate of drug-likeness (QED) is 0.835. The first-order chi connectivity index (χ1) is 9.99. The minimum atomic E-state index is 0.355. The zero-order valence-electron chi connectivity index (χ0n) is 14.3. The maximum Gasteiger partial charge on any atom is 0.0127 e. The molecule has 0 radical (unpaired) electrons. The minimum Gasteiger partial charge on any atom is -0.311 e. The zero-order chi connectivity index (χ0) is 14.6. The summed E-state index contributed by atoms with van der Waals surface area (Å²) in [5.74, 6) is 4.27. The summed E-state index contributed by atoms with van der Waals surface area (Å²) in [4.78, 5) is 2.67. The summed E-state index contributed by atoms with van der Waals surface area (Å²) in [6.45, 7) is 9.65. The number of piperidine rings is 1. The molecule has 5 fully saturated rings. The molecule has 1 aliphatic heterocycles. The summed E-state index contributed by atoms with van der Waals surface area (Å²) in [7, 11) is 0. The number of nitrogens with zero attached hydrogens (tertiary/aromatic N) is 1. The molecule has 1 N–H and O–H groups in total. The van der Waals surface area contributed by atoms with Crippen molar-refractivity contribution in [2.45, 2.75) is 83.3 Å². The van der Waals surface area contributed by atoms with Gasteiger partial charge in [0.05, 0.1) is 0 Å². The second kappa shape index (κ2) is 5.23. The largest absolute Gasteiger partial charge is 0.311 e. The van der Waals surface area contributed by atoms with Crippen LogP contribution in [0.15, 0.2) is 0 Å². The molecule has 2 nitrogen and oxygen atoms in total. The van der Waals surface area contributed by atoms with E-state index in [1.165, 1.54) is 25.9 Å². The fraction of sp³-hybridized carbons (Fsp3) is 1.00. The van der Waals surface area contributed by atoms with Crippen LogP contribution in [-0.4, -0.2) is 35.6 Å². The van der Waals surface area contributed by atoms with Gasteiger partial charge in [0.1, 0.15) is 0 Å². The third-order valence-electron chi connectivity index (χ3n) is 7.10. The molecule has 0 unspecified atom stereocenters. The highest BCUT2D eigenvalue weighted by molar-refractivity contribution is 5.02. The van der Waals surface area contributed by atoms with Gasteiger partial charge in [0, 0.05) is 30.7 Å². The Morgan fingerprint density at radius 1 is 0.810 bits per heavy atom. The first-order valence-electron chi connectivity index (χ1n) is 9.50. The lowest BCUT2D eigenvalue weighted by atomic mass is 9.54. The van der Waals surface area contributed by atoms with E-state index in [1.54, 1.807) is 32.1 Å². The first kappa shape index (κ1) is 14.5. The van der Waals surface area contributed by atoms with Crippen molar-refractivity contribution in [2.75, 3.05) is 13.1 Å². The Labute approximate surface area is 131 Å². The van der Waals surface area contributed by atoms with Gasteiger partial charge in [-0.2, -0.15) is 0 Å². The van der Waals surface area contributed by atoms with Crippen LogP contribution in [0, 0.1) is 23.7 Å². The summed E-state index contributed by atoms with van der Waals surface area (Å²) in [5.41, 5.74) is 0.355. The third-order valence-corrected chi connectivity index (χ3v) is 7.10. The molecule has 4 bridgehead atoms. The molecule has 5 aliphatic rings. The molecule has 0 atom stereocenters. The van der Waals surface area contributed by atoms with Crippen LogP contribution < -0.4 is 5.32 Å². The van der Waals surface area contributed by atoms with Crippen LogP contribution in [0.4, 0.5) is 0 Å². The summed E-state index contributed by atoms with van der Waals surface area (Å²) < 4.78 is 0. The Balaban J connectivity index is 1.33. The fourth-order valence-electron chi connectivity index (χ4n) is 6.19. The molecule has 5 rings (SSSR count). The Morgan fingerprint density at radius 2 is 1.33 bits per heavy atom. The maximum absolute atomic E-state index is 4.15. The molecule has 4 aliphatic carbocycles. The predicted octanol–water partition coefficient (Wildman–Crippen LogP) is 3.66. The highest BCUT2D eigenvalue weighted by Gasteiger charge is 2.48. The van der Waals surface area contributed by atoms with Gasteiger partial charge in [-0.3, -0.25) is 4.90 Å². The van der Waals surface area contributed by atoms with Crippen molar-refractivity contribution in [2.24, 2.45) is 23.7 Å². The molecule has 21 heavy (non-hydrogen) atoms. The molecule has 0 aromatic rings. The molecule has 120 valence electrons. The van der Waals surface area contributed by atoms with Crippen LogP contribution in [0.25, 0.3) is 0 Å². The zero-order valence-corrected chi connectivity index (χ0v) is 14.3. The van der Waals surface area contributed by atoms with E-state index in [9.17, 15) is 0 Å². The monoisotopic (exact) mass is 290 g/mol. The smallest absolute Gasteiger partial charge is 0.0127 e. The van der Waals surface area contributed by atoms with Crippen LogP contribution in [0.5, 0.6) is 0 Å². The average Bonchev–Trinajstić information content (AvgIpc) is 2.41. The van der Waals surface area contributed by atoms with E-state index in [0.717, 1.165) is 35.8 Å². The predicted molar refractivity (Wildman–Crippen MR) is 88.3 cm³/mol. The van der Waals surface area contributed by atoms with Crippen LogP contribution in [0.1, 0.15) is 65.7 Å². The Morgan fingerprint density at radius 3 is 1.81 bits per heavy atom. The SMILES string of the molecule is CC(C)(C)N1CCC(NC2C3CC4CC(C3)CC2C4)CC1. The second-order valence-electron chi connectivity index (χ2n) is 9.56. The van der Waals surface area contributed by atoms with Gasteiger partial charge in [0.2, 0.25) is 0 Å². The number of hydrogen-bond acceptors (Lipinski definition) is 2. The molecule has 0 aromatic heterocycles. The average molecular weight is 290 g/mol. The van der Waals surface area contributed by atoms with Crippen LogP contribution >= 0.6 is 0 Å². The maximum atomic E-state index is 4.15. The second-order valence-corrected chi connectivity index (χ2v) is 9.56. The van der Waals surface area contributed by atoms with E-state index in [1.807, 2.05) is 0 Å². The van der Waals surface area contributed by atoms with Crippen LogP contribution in [0.2, 0.25) is 0 Å². The van der Waals surface area contributed by atoms with E-state index in [4.69, 9.17) is 0 Å². The molecule has 4 saturated carbocycles. The van der Waals surface area contributed by atoms with Crippen molar-refractivity contribution in [3.8, 4) is 0 Å². The summed E-state index contributed by atoms with van der Waals surface area (Å²) in [5, 5.41) is 4.15. The number of likely N-dealkylation sites (tertiary alicyclic amines) is 1. The van der Waals surface area contributed by atoms with E-state index < -0.39 is 0 Å². The van der Waals surface area contributed by atoms with Crippen molar-refractivity contribution in [1.82, 2.24) is 10.2 Å². The van der Waals surface area contributed by atoms with Crippen LogP contribution in [0.3, 0.4) is 0 Å². The highest BCUT2D eigenvalue weighted by atomic mass is 15.2. The van der Waals surface area contributed by atoms with Crippen molar-refractivity contribution in [3.63, 3.8) is 0 Å². The van der Waals surface area contributed by atoms with Crippen molar-refractivity contribution in [3.05, 3.63) is 0 Å². The Bertz CT molecular complexity index is 348. The van der Waals surface area contributed by atoms with Crippen LogP contribution in [-0.2, 0) is 0 Å². The van der Waals surface area contributed by atoms with E-state index >= 15 is 0 Å². The highest BCUT2D eigenvalue weighted by Crippen LogP contribution is 2.53. The van der Waals surface area contributed by atoms with Gasteiger partial charge in [0.15, 0.2) is 0 Å². The van der Waals surface area contributed by atoms with Gasteiger partial charge >= 0.3 is 0 Å². The van der Waals surface area contributed by atoms with Gasteiger partial charge in [-0.1, -0.05) is 0 Å². The first-order valence-corrected chi connectivity index (χ1v) is 9.50. The van der Waals surface area contributed by atoms with E-state index in [0.29, 0.717) is 5.54 Å². The van der Waals surface area contributed by atoms with Gasteiger partial charge in [0.25, 0.3) is 0 Å². The van der Waals surface area contributed by atoms with E-state index in [-0.39, 0.29) is 0 Å². The summed E-state index contributed by atoms with van der Waals surface area (Å²) in [6.07, 6.45) is 10.5. The topological polar surface area (TPSA) is 15.3 Å². The molecular formula is C19H34N2. The Kier molecular flexibility index (Phi) is 3.61. The molecule has 0 spiro atoms. The molecule has 0 amide bonds. The standard InChI is InChI=1S/C19H34N2/c1-19(2,3)21-6-4-17(5-7-21)20-18-15-9-13-8-14(11-15)12-16(18)10-13/h13-18,20H,4-12H2,1-3H3. The summed E-state index contributed by atoms with van der Waals surface area (Å²) >= 11 is 0. The molecule has 0 aromatic carbocycles. The van der Waals surface area contributed by atoms with Gasteiger partial charge in [-0.05, 0) is 89.4 Å². The van der Waals surface area contributed by atoms with Gasteiger partial charge < -0.3 is 5.32 Å². The molecule has 2 heteroatoms. The van der Waals surface area contributed by atoms with Gasteiger partial charge in [-0.15, -0.1) is 0 Å². The minimum absolute atomic E-state index is 0.355. The Hall–Kier alpha value is -0.0800. The third kappa shape index (κ3) is 2.79. The molecular weight excluding hydrogens is 256 g/mol. The van der Waals surface area contributed by atoms with E-state index in [2.05, 4.69) is 31.0 Å². The van der Waals surface area contributed by atoms with Gasteiger partial charge in [-0.25, -0.2) is 0 Å². The normalized spacial score (nSPS) is 44.4. The van der Waals surface area contributed by atoms with Crippen molar-refractivity contribution < 1.29 is 0 Å². The van der Waals surface area contributed by atoms with Crippen molar-refractivity contribution in [1.29, 1.82) is 0 Å². The van der Waals surface area contributed by atoms with Crippen molar-refractivity contribution >= 4 is 0 Å². The fourth-order valence-corrected chi connectivity index (χ4v) is 6.19. The lowest BCUT2D eigenvalue weighted by Crippen LogP contribution is -2.59. The number of hydrogen-bond donors (Lipinski definition) is 1. The molecule has 1 heterocycles. The molecule has 1 saturated heterocycles. The number of nitrogens with one attached hydrogen (secondary N) is 1.